The van der Waals surface area contributed by atoms with E-state index in [1.807, 2.05) is 18.2 Å². The van der Waals surface area contributed by atoms with Crippen LogP contribution in [0.2, 0.25) is 0 Å². The smallest absolute Gasteiger partial charge is 0.195 e. The number of carbonyl (C=O) groups excluding carboxylic acids is 1. The van der Waals surface area contributed by atoms with E-state index in [1.165, 1.54) is 0 Å². The van der Waals surface area contributed by atoms with Gasteiger partial charge in [-0.15, -0.1) is 6.42 Å². The molecule has 0 spiro atoms. The van der Waals surface area contributed by atoms with Crippen LogP contribution >= 0.6 is 11.9 Å². The number of nitriles is 1. The Labute approximate surface area is 192 Å². The third kappa shape index (κ3) is 2.95. The van der Waals surface area contributed by atoms with Gasteiger partial charge in [-0.3, -0.25) is 4.79 Å². The summed E-state index contributed by atoms with van der Waals surface area (Å²) in [4.78, 5) is 19.5. The van der Waals surface area contributed by atoms with Crippen molar-refractivity contribution in [2.24, 2.45) is 0 Å². The minimum Gasteiger partial charge on any atom is -0.368 e. The number of nitrogens with one attached hydrogen (secondary N) is 1. The molecule has 5 nitrogen and oxygen atoms in total. The van der Waals surface area contributed by atoms with Crippen LogP contribution in [0.25, 0.3) is 10.9 Å². The SMILES string of the molecule is C#Cc1cc2c(cc1N1CCN(SC)CC1)C(C)(C)c1[nH]c3cc(C#N)ccc3c1C2=O. The maximum atomic E-state index is 13.7. The van der Waals surface area contributed by atoms with Gasteiger partial charge in [0.2, 0.25) is 0 Å². The molecule has 2 heterocycles. The van der Waals surface area contributed by atoms with E-state index in [-0.39, 0.29) is 5.78 Å². The van der Waals surface area contributed by atoms with Crippen LogP contribution in [0.3, 0.4) is 0 Å². The molecule has 0 radical (unpaired) electrons. The van der Waals surface area contributed by atoms with Crippen LogP contribution < -0.4 is 4.90 Å². The van der Waals surface area contributed by atoms with Gasteiger partial charge >= 0.3 is 0 Å². The van der Waals surface area contributed by atoms with E-state index < -0.39 is 5.41 Å². The van der Waals surface area contributed by atoms with E-state index in [0.717, 1.165) is 59.6 Å². The minimum atomic E-state index is -0.409. The molecule has 1 aliphatic heterocycles. The summed E-state index contributed by atoms with van der Waals surface area (Å²) in [5, 5.41) is 10.1. The standard InChI is InChI=1S/C26H24N4OS/c1-5-17-13-19-20(14-22(17)29-8-10-30(32-4)11-9-29)26(2,3)25-23(24(19)31)18-7-6-16(15-27)12-21(18)28-25/h1,6-7,12-14,28H,8-11H2,2-4H3. The maximum Gasteiger partial charge on any atom is 0.195 e. The van der Waals surface area contributed by atoms with E-state index in [0.29, 0.717) is 16.7 Å². The van der Waals surface area contributed by atoms with Crippen LogP contribution in [-0.4, -0.2) is 47.5 Å². The number of carbonyl (C=O) groups is 1. The van der Waals surface area contributed by atoms with Crippen molar-refractivity contribution < 1.29 is 4.79 Å². The van der Waals surface area contributed by atoms with Gasteiger partial charge in [0.25, 0.3) is 0 Å². The highest BCUT2D eigenvalue weighted by molar-refractivity contribution is 7.96. The van der Waals surface area contributed by atoms with Crippen molar-refractivity contribution in [2.75, 3.05) is 37.3 Å². The summed E-state index contributed by atoms with van der Waals surface area (Å²) in [5.74, 6) is 2.82. The van der Waals surface area contributed by atoms with Crippen LogP contribution in [0.4, 0.5) is 5.69 Å². The van der Waals surface area contributed by atoms with Crippen molar-refractivity contribution >= 4 is 34.3 Å². The number of benzene rings is 2. The number of nitrogens with zero attached hydrogens (tertiary/aromatic N) is 3. The zero-order valence-electron chi connectivity index (χ0n) is 18.5. The molecule has 1 N–H and O–H groups in total. The monoisotopic (exact) mass is 440 g/mol. The van der Waals surface area contributed by atoms with Gasteiger partial charge in [-0.2, -0.15) is 5.26 Å². The minimum absolute atomic E-state index is 0.0134. The van der Waals surface area contributed by atoms with Crippen LogP contribution in [-0.2, 0) is 5.41 Å². The number of hydrogen-bond acceptors (Lipinski definition) is 5. The van der Waals surface area contributed by atoms with Gasteiger partial charge < -0.3 is 9.88 Å². The molecule has 1 aliphatic carbocycles. The fourth-order valence-corrected chi connectivity index (χ4v) is 5.55. The molecule has 0 bridgehead atoms. The lowest BCUT2D eigenvalue weighted by Crippen LogP contribution is -2.44. The molecule has 0 atom stereocenters. The Bertz CT molecular complexity index is 1350. The van der Waals surface area contributed by atoms with Crippen molar-refractivity contribution in [1.29, 1.82) is 5.26 Å². The Kier molecular flexibility index (Phi) is 4.82. The van der Waals surface area contributed by atoms with Gasteiger partial charge in [-0.25, -0.2) is 4.31 Å². The summed E-state index contributed by atoms with van der Waals surface area (Å²) in [5.41, 5.74) is 6.01. The first-order valence-electron chi connectivity index (χ1n) is 10.7. The first-order chi connectivity index (χ1) is 15.4. The van der Waals surface area contributed by atoms with Crippen molar-refractivity contribution in [3.05, 3.63) is 63.8 Å². The number of terminal acetylenes is 1. The van der Waals surface area contributed by atoms with E-state index in [2.05, 4.69) is 52.3 Å². The fraction of sp³-hybridized carbons (Fsp3) is 0.308. The van der Waals surface area contributed by atoms with Crippen molar-refractivity contribution in [3.63, 3.8) is 0 Å². The number of H-pyrrole nitrogens is 1. The van der Waals surface area contributed by atoms with Gasteiger partial charge in [-0.1, -0.05) is 37.8 Å². The van der Waals surface area contributed by atoms with Crippen molar-refractivity contribution in [2.45, 2.75) is 19.3 Å². The summed E-state index contributed by atoms with van der Waals surface area (Å²) in [6.07, 6.45) is 8.02. The quantitative estimate of drug-likeness (QED) is 0.476. The molecule has 2 aromatic carbocycles. The van der Waals surface area contributed by atoms with Gasteiger partial charge in [0, 0.05) is 59.3 Å². The first kappa shape index (κ1) is 20.7. The van der Waals surface area contributed by atoms with Gasteiger partial charge in [0.1, 0.15) is 0 Å². The van der Waals surface area contributed by atoms with Crippen LogP contribution in [0.15, 0.2) is 30.3 Å². The Morgan fingerprint density at radius 3 is 2.56 bits per heavy atom. The Morgan fingerprint density at radius 2 is 1.91 bits per heavy atom. The number of hydrogen-bond donors (Lipinski definition) is 1. The fourth-order valence-electron chi connectivity index (χ4n) is 5.02. The second kappa shape index (κ2) is 7.45. The largest absolute Gasteiger partial charge is 0.368 e. The third-order valence-corrected chi connectivity index (χ3v) is 7.71. The molecular weight excluding hydrogens is 416 g/mol. The van der Waals surface area contributed by atoms with E-state index >= 15 is 0 Å². The van der Waals surface area contributed by atoms with Crippen LogP contribution in [0, 0.1) is 23.7 Å². The molecule has 3 aromatic rings. The van der Waals surface area contributed by atoms with Gasteiger partial charge in [-0.05, 0) is 36.1 Å². The summed E-state index contributed by atoms with van der Waals surface area (Å²) in [6.45, 7) is 8.02. The van der Waals surface area contributed by atoms with Crippen LogP contribution in [0.5, 0.6) is 0 Å². The predicted octanol–water partition coefficient (Wildman–Crippen LogP) is 4.29. The number of anilines is 1. The molecule has 5 rings (SSSR count). The summed E-state index contributed by atoms with van der Waals surface area (Å²) < 4.78 is 2.35. The molecular formula is C26H24N4OS. The van der Waals surface area contributed by atoms with E-state index in [4.69, 9.17) is 6.42 Å². The summed E-state index contributed by atoms with van der Waals surface area (Å²) in [7, 11) is 0. The predicted molar refractivity (Wildman–Crippen MR) is 130 cm³/mol. The number of aromatic amines is 1. The molecule has 1 saturated heterocycles. The second-order valence-electron chi connectivity index (χ2n) is 8.86. The second-order valence-corrected chi connectivity index (χ2v) is 9.74. The van der Waals surface area contributed by atoms with E-state index in [1.54, 1.807) is 18.0 Å². The maximum absolute atomic E-state index is 13.7. The lowest BCUT2D eigenvalue weighted by molar-refractivity contribution is 0.103. The highest BCUT2D eigenvalue weighted by atomic mass is 32.2. The Balaban J connectivity index is 1.67. The van der Waals surface area contributed by atoms with E-state index in [9.17, 15) is 10.1 Å². The average molecular weight is 441 g/mol. The van der Waals surface area contributed by atoms with Gasteiger partial charge in [0.15, 0.2) is 5.78 Å². The number of aromatic nitrogens is 1. The average Bonchev–Trinajstić information content (AvgIpc) is 3.22. The lowest BCUT2D eigenvalue weighted by Gasteiger charge is -2.38. The van der Waals surface area contributed by atoms with Gasteiger partial charge in [0.05, 0.1) is 22.9 Å². The number of piperazine rings is 1. The molecule has 6 heteroatoms. The third-order valence-electron chi connectivity index (χ3n) is 6.83. The van der Waals surface area contributed by atoms with Crippen LogP contribution in [0.1, 0.15) is 52.2 Å². The summed E-state index contributed by atoms with van der Waals surface area (Å²) in [6, 6.07) is 11.6. The Hall–Kier alpha value is -3.19. The number of fused-ring (bicyclic) bond motifs is 4. The molecule has 0 amide bonds. The molecule has 32 heavy (non-hydrogen) atoms. The summed E-state index contributed by atoms with van der Waals surface area (Å²) >= 11 is 1.77. The number of ketones is 1. The topological polar surface area (TPSA) is 63.1 Å². The zero-order chi connectivity index (χ0) is 22.6. The molecule has 0 saturated carbocycles. The molecule has 160 valence electrons. The van der Waals surface area contributed by atoms with Crippen molar-refractivity contribution in [1.82, 2.24) is 9.29 Å². The highest BCUT2D eigenvalue weighted by Crippen LogP contribution is 2.45. The Morgan fingerprint density at radius 1 is 1.16 bits per heavy atom. The highest BCUT2D eigenvalue weighted by Gasteiger charge is 2.40. The molecule has 1 aromatic heterocycles. The van der Waals surface area contributed by atoms with Crippen molar-refractivity contribution in [3.8, 4) is 18.4 Å². The zero-order valence-corrected chi connectivity index (χ0v) is 19.3. The lowest BCUT2D eigenvalue weighted by atomic mass is 9.70. The molecule has 0 unspecified atom stereocenters. The number of rotatable bonds is 2. The molecule has 2 aliphatic rings. The normalized spacial score (nSPS) is 17.5. The molecule has 1 fully saturated rings. The first-order valence-corrected chi connectivity index (χ1v) is 11.9.